The molecule has 0 bridgehead atoms. The lowest BCUT2D eigenvalue weighted by Crippen LogP contribution is -2.51. The van der Waals surface area contributed by atoms with Gasteiger partial charge in [0.15, 0.2) is 0 Å². The first-order chi connectivity index (χ1) is 13.6. The Kier molecular flexibility index (Phi) is 4.94. The molecule has 0 atom stereocenters. The third-order valence-corrected chi connectivity index (χ3v) is 5.43. The third kappa shape index (κ3) is 3.54. The average Bonchev–Trinajstić information content (AvgIpc) is 3.58. The minimum atomic E-state index is -0.443. The molecule has 1 heterocycles. The van der Waals surface area contributed by atoms with Gasteiger partial charge in [-0.15, -0.1) is 0 Å². The SMILES string of the molecule is N=C(c1ccccc1F)c1ccccc1C(=N)N1CCN(C(=O)C2CC2)CC1. The average molecular weight is 378 g/mol. The van der Waals surface area contributed by atoms with Crippen molar-refractivity contribution < 1.29 is 9.18 Å². The lowest BCUT2D eigenvalue weighted by Gasteiger charge is -2.36. The molecule has 1 aliphatic carbocycles. The van der Waals surface area contributed by atoms with Gasteiger partial charge in [0.05, 0.1) is 5.71 Å². The highest BCUT2D eigenvalue weighted by Gasteiger charge is 2.35. The number of nitrogens with one attached hydrogen (secondary N) is 2. The molecule has 2 aromatic rings. The van der Waals surface area contributed by atoms with Crippen LogP contribution in [-0.4, -0.2) is 53.4 Å². The van der Waals surface area contributed by atoms with E-state index in [1.807, 2.05) is 15.9 Å². The van der Waals surface area contributed by atoms with Crippen molar-refractivity contribution in [2.75, 3.05) is 26.2 Å². The van der Waals surface area contributed by atoms with Crippen molar-refractivity contribution in [3.05, 3.63) is 71.0 Å². The van der Waals surface area contributed by atoms with E-state index in [1.54, 1.807) is 36.4 Å². The molecule has 1 aliphatic heterocycles. The van der Waals surface area contributed by atoms with Gasteiger partial charge in [-0.05, 0) is 25.0 Å². The van der Waals surface area contributed by atoms with Crippen LogP contribution in [0.1, 0.15) is 29.5 Å². The number of nitrogens with zero attached hydrogens (tertiary/aromatic N) is 2. The summed E-state index contributed by atoms with van der Waals surface area (Å²) in [6, 6.07) is 13.4. The summed E-state index contributed by atoms with van der Waals surface area (Å²) < 4.78 is 14.2. The number of rotatable bonds is 4. The second-order valence-electron chi connectivity index (χ2n) is 7.34. The molecule has 4 rings (SSSR count). The normalized spacial score (nSPS) is 16.8. The van der Waals surface area contributed by atoms with Crippen molar-refractivity contribution in [1.82, 2.24) is 9.80 Å². The minimum Gasteiger partial charge on any atom is -0.353 e. The molecule has 1 amide bonds. The van der Waals surface area contributed by atoms with E-state index < -0.39 is 5.82 Å². The van der Waals surface area contributed by atoms with Gasteiger partial charge in [0.25, 0.3) is 0 Å². The summed E-state index contributed by atoms with van der Waals surface area (Å²) in [6.45, 7) is 2.42. The smallest absolute Gasteiger partial charge is 0.225 e. The summed E-state index contributed by atoms with van der Waals surface area (Å²) in [5.74, 6) is 0.331. The van der Waals surface area contributed by atoms with Crippen molar-refractivity contribution in [3.63, 3.8) is 0 Å². The molecule has 0 unspecified atom stereocenters. The lowest BCUT2D eigenvalue weighted by atomic mass is 9.96. The zero-order valence-electron chi connectivity index (χ0n) is 15.6. The van der Waals surface area contributed by atoms with Gasteiger partial charge in [0.1, 0.15) is 11.7 Å². The van der Waals surface area contributed by atoms with Crippen LogP contribution in [-0.2, 0) is 4.79 Å². The van der Waals surface area contributed by atoms with Gasteiger partial charge < -0.3 is 9.80 Å². The van der Waals surface area contributed by atoms with Gasteiger partial charge in [-0.25, -0.2) is 4.39 Å². The summed E-state index contributed by atoms with van der Waals surface area (Å²) in [4.78, 5) is 16.1. The topological polar surface area (TPSA) is 71.2 Å². The molecule has 2 aliphatic rings. The number of halogens is 1. The van der Waals surface area contributed by atoms with Crippen LogP contribution in [0.2, 0.25) is 0 Å². The van der Waals surface area contributed by atoms with Crippen LogP contribution in [0.4, 0.5) is 4.39 Å². The maximum Gasteiger partial charge on any atom is 0.225 e. The molecule has 0 radical (unpaired) electrons. The Morgan fingerprint density at radius 3 is 1.96 bits per heavy atom. The van der Waals surface area contributed by atoms with Gasteiger partial charge in [-0.1, -0.05) is 36.4 Å². The van der Waals surface area contributed by atoms with Crippen molar-refractivity contribution in [3.8, 4) is 0 Å². The van der Waals surface area contributed by atoms with Crippen LogP contribution in [0, 0.1) is 22.6 Å². The van der Waals surface area contributed by atoms with Gasteiger partial charge in [0, 0.05) is 48.8 Å². The van der Waals surface area contributed by atoms with E-state index in [1.165, 1.54) is 6.07 Å². The van der Waals surface area contributed by atoms with Crippen LogP contribution in [0.25, 0.3) is 0 Å². The highest BCUT2D eigenvalue weighted by Crippen LogP contribution is 2.31. The Hall–Kier alpha value is -3.02. The number of carbonyl (C=O) groups is 1. The highest BCUT2D eigenvalue weighted by atomic mass is 19.1. The molecule has 144 valence electrons. The van der Waals surface area contributed by atoms with Gasteiger partial charge in [0.2, 0.25) is 5.91 Å². The fourth-order valence-electron chi connectivity index (χ4n) is 3.63. The summed E-state index contributed by atoms with van der Waals surface area (Å²) >= 11 is 0. The predicted octanol–water partition coefficient (Wildman–Crippen LogP) is 3.12. The summed E-state index contributed by atoms with van der Waals surface area (Å²) in [5.41, 5.74) is 1.44. The summed E-state index contributed by atoms with van der Waals surface area (Å²) in [5, 5.41) is 17.2. The Balaban J connectivity index is 1.52. The monoisotopic (exact) mass is 378 g/mol. The van der Waals surface area contributed by atoms with Crippen LogP contribution in [0.15, 0.2) is 48.5 Å². The van der Waals surface area contributed by atoms with Crippen LogP contribution < -0.4 is 0 Å². The van der Waals surface area contributed by atoms with Gasteiger partial charge in [-0.2, -0.15) is 0 Å². The van der Waals surface area contributed by atoms with E-state index in [4.69, 9.17) is 10.8 Å². The number of amides is 1. The first kappa shape index (κ1) is 18.3. The lowest BCUT2D eigenvalue weighted by molar-refractivity contribution is -0.133. The van der Waals surface area contributed by atoms with Crippen molar-refractivity contribution >= 4 is 17.5 Å². The van der Waals surface area contributed by atoms with E-state index >= 15 is 0 Å². The first-order valence-corrected chi connectivity index (χ1v) is 9.62. The van der Waals surface area contributed by atoms with Crippen LogP contribution in [0.5, 0.6) is 0 Å². The molecule has 1 saturated carbocycles. The number of carbonyl (C=O) groups excluding carboxylic acids is 1. The molecule has 0 spiro atoms. The van der Waals surface area contributed by atoms with E-state index in [0.717, 1.165) is 12.8 Å². The third-order valence-electron chi connectivity index (χ3n) is 5.43. The number of benzene rings is 2. The maximum absolute atomic E-state index is 14.2. The summed E-state index contributed by atoms with van der Waals surface area (Å²) in [7, 11) is 0. The molecule has 1 saturated heterocycles. The zero-order chi connectivity index (χ0) is 19.7. The second kappa shape index (κ2) is 7.54. The minimum absolute atomic E-state index is 0.0704. The number of hydrogen-bond donors (Lipinski definition) is 2. The zero-order valence-corrected chi connectivity index (χ0v) is 15.6. The largest absolute Gasteiger partial charge is 0.353 e. The van der Waals surface area contributed by atoms with Crippen LogP contribution >= 0.6 is 0 Å². The van der Waals surface area contributed by atoms with Crippen molar-refractivity contribution in [2.24, 2.45) is 5.92 Å². The quantitative estimate of drug-likeness (QED) is 0.634. The standard InChI is InChI=1S/C22H23FN4O/c23-19-8-4-3-7-18(19)20(24)16-5-1-2-6-17(16)21(25)26-11-13-27(14-12-26)22(28)15-9-10-15/h1-8,15,24-25H,9-14H2. The molecule has 28 heavy (non-hydrogen) atoms. The van der Waals surface area contributed by atoms with Gasteiger partial charge in [-0.3, -0.25) is 15.6 Å². The van der Waals surface area contributed by atoms with Gasteiger partial charge >= 0.3 is 0 Å². The molecule has 6 heteroatoms. The van der Waals surface area contributed by atoms with E-state index in [2.05, 4.69) is 0 Å². The van der Waals surface area contributed by atoms with Crippen molar-refractivity contribution in [1.29, 1.82) is 10.8 Å². The first-order valence-electron chi connectivity index (χ1n) is 9.62. The molecule has 0 aromatic heterocycles. The molecular formula is C22H23FN4O. The summed E-state index contributed by atoms with van der Waals surface area (Å²) in [6.07, 6.45) is 2.00. The molecule has 2 N–H and O–H groups in total. The second-order valence-corrected chi connectivity index (χ2v) is 7.34. The van der Waals surface area contributed by atoms with E-state index in [0.29, 0.717) is 43.1 Å². The Labute approximate surface area is 163 Å². The molecular weight excluding hydrogens is 355 g/mol. The molecule has 5 nitrogen and oxygen atoms in total. The Morgan fingerprint density at radius 2 is 1.36 bits per heavy atom. The maximum atomic E-state index is 14.2. The number of amidine groups is 1. The van der Waals surface area contributed by atoms with E-state index in [-0.39, 0.29) is 23.1 Å². The number of piperazine rings is 1. The molecule has 2 fully saturated rings. The Bertz CT molecular complexity index is 930. The highest BCUT2D eigenvalue weighted by molar-refractivity contribution is 6.17. The van der Waals surface area contributed by atoms with E-state index in [9.17, 15) is 9.18 Å². The fraction of sp³-hybridized carbons (Fsp3) is 0.318. The Morgan fingerprint density at radius 1 is 0.821 bits per heavy atom. The molecule has 2 aromatic carbocycles. The van der Waals surface area contributed by atoms with Crippen LogP contribution in [0.3, 0.4) is 0 Å². The van der Waals surface area contributed by atoms with Crippen molar-refractivity contribution in [2.45, 2.75) is 12.8 Å². The fourth-order valence-corrected chi connectivity index (χ4v) is 3.63. The predicted molar refractivity (Wildman–Crippen MR) is 106 cm³/mol. The number of hydrogen-bond acceptors (Lipinski definition) is 3.